The normalized spacial score (nSPS) is 12.4. The first-order chi connectivity index (χ1) is 8.99. The maximum atomic E-state index is 12.3. The first-order valence-electron chi connectivity index (χ1n) is 5.92. The van der Waals surface area contributed by atoms with Crippen LogP contribution < -0.4 is 0 Å². The summed E-state index contributed by atoms with van der Waals surface area (Å²) < 4.78 is 0. The highest BCUT2D eigenvalue weighted by Gasteiger charge is 2.20. The Bertz CT molecular complexity index is 561. The van der Waals surface area contributed by atoms with Gasteiger partial charge in [-0.15, -0.1) is 11.3 Å². The van der Waals surface area contributed by atoms with Crippen molar-refractivity contribution in [2.75, 3.05) is 13.6 Å². The molecule has 0 aliphatic carbocycles. The summed E-state index contributed by atoms with van der Waals surface area (Å²) in [6.45, 7) is 3.83. The summed E-state index contributed by atoms with van der Waals surface area (Å²) in [5.41, 5.74) is 1.80. The molecule has 0 aliphatic heterocycles. The molecule has 19 heavy (non-hydrogen) atoms. The Morgan fingerprint density at radius 1 is 1.58 bits per heavy atom. The third-order valence-corrected chi connectivity index (χ3v) is 4.52. The molecular weight excluding hydrogens is 280 g/mol. The number of thiophene rings is 1. The van der Waals surface area contributed by atoms with Crippen LogP contribution in [0.15, 0.2) is 16.8 Å². The van der Waals surface area contributed by atoms with Gasteiger partial charge in [-0.1, -0.05) is 0 Å². The van der Waals surface area contributed by atoms with E-state index in [9.17, 15) is 9.90 Å². The number of amides is 1. The lowest BCUT2D eigenvalue weighted by Crippen LogP contribution is -2.32. The molecular formula is C13H16N2O2S2. The van der Waals surface area contributed by atoms with E-state index in [1.54, 1.807) is 25.3 Å². The summed E-state index contributed by atoms with van der Waals surface area (Å²) in [6.07, 6.45) is -0.529. The molecule has 0 aliphatic rings. The largest absolute Gasteiger partial charge is 0.392 e. The van der Waals surface area contributed by atoms with E-state index in [1.165, 1.54) is 16.2 Å². The predicted octanol–water partition coefficient (Wildman–Crippen LogP) is 2.63. The molecule has 2 aromatic heterocycles. The van der Waals surface area contributed by atoms with Crippen LogP contribution in [0.25, 0.3) is 10.6 Å². The number of carbonyl (C=O) groups excluding carboxylic acids is 1. The second kappa shape index (κ2) is 5.81. The Kier molecular flexibility index (Phi) is 4.34. The van der Waals surface area contributed by atoms with Crippen molar-refractivity contribution in [1.29, 1.82) is 0 Å². The van der Waals surface area contributed by atoms with E-state index in [0.717, 1.165) is 16.3 Å². The van der Waals surface area contributed by atoms with Gasteiger partial charge in [0.15, 0.2) is 0 Å². The van der Waals surface area contributed by atoms with Gasteiger partial charge in [0, 0.05) is 24.5 Å². The van der Waals surface area contributed by atoms with Crippen molar-refractivity contribution in [1.82, 2.24) is 9.88 Å². The predicted molar refractivity (Wildman–Crippen MR) is 78.8 cm³/mol. The van der Waals surface area contributed by atoms with Gasteiger partial charge < -0.3 is 10.0 Å². The van der Waals surface area contributed by atoms with Crippen LogP contribution in [0.4, 0.5) is 0 Å². The number of hydrogen-bond acceptors (Lipinski definition) is 5. The third-order valence-electron chi connectivity index (χ3n) is 2.64. The highest BCUT2D eigenvalue weighted by molar-refractivity contribution is 7.17. The number of rotatable bonds is 4. The zero-order valence-corrected chi connectivity index (χ0v) is 12.7. The Balaban J connectivity index is 2.23. The van der Waals surface area contributed by atoms with Crippen molar-refractivity contribution in [3.05, 3.63) is 27.4 Å². The van der Waals surface area contributed by atoms with Crippen molar-refractivity contribution in [2.45, 2.75) is 20.0 Å². The van der Waals surface area contributed by atoms with Crippen LogP contribution >= 0.6 is 22.7 Å². The molecule has 1 unspecified atom stereocenters. The summed E-state index contributed by atoms with van der Waals surface area (Å²) in [4.78, 5) is 18.9. The molecule has 0 bridgehead atoms. The number of nitrogens with zero attached hydrogens (tertiary/aromatic N) is 2. The monoisotopic (exact) mass is 296 g/mol. The summed E-state index contributed by atoms with van der Waals surface area (Å²) in [7, 11) is 1.69. The fourth-order valence-electron chi connectivity index (χ4n) is 1.76. The minimum absolute atomic E-state index is 0.0858. The number of aliphatic hydroxyl groups excluding tert-OH is 1. The lowest BCUT2D eigenvalue weighted by atomic mass is 10.3. The maximum absolute atomic E-state index is 12.3. The van der Waals surface area contributed by atoms with E-state index in [1.807, 2.05) is 23.8 Å². The second-order valence-electron chi connectivity index (χ2n) is 4.48. The molecule has 0 fully saturated rings. The fraction of sp³-hybridized carbons (Fsp3) is 0.385. The van der Waals surface area contributed by atoms with Crippen molar-refractivity contribution in [2.24, 2.45) is 0 Å². The maximum Gasteiger partial charge on any atom is 0.265 e. The highest BCUT2D eigenvalue weighted by atomic mass is 32.1. The zero-order valence-electron chi connectivity index (χ0n) is 11.1. The van der Waals surface area contributed by atoms with Crippen molar-refractivity contribution < 1.29 is 9.90 Å². The second-order valence-corrected chi connectivity index (χ2v) is 6.26. The number of thiazole rings is 1. The molecule has 1 amide bonds. The van der Waals surface area contributed by atoms with Gasteiger partial charge in [-0.2, -0.15) is 11.3 Å². The van der Waals surface area contributed by atoms with Gasteiger partial charge in [-0.05, 0) is 25.3 Å². The minimum atomic E-state index is -0.529. The van der Waals surface area contributed by atoms with Gasteiger partial charge >= 0.3 is 0 Å². The molecule has 0 radical (unpaired) electrons. The number of likely N-dealkylation sites (N-methyl/N-ethyl adjacent to an activating group) is 1. The molecule has 6 heteroatoms. The number of aliphatic hydroxyl groups is 1. The number of carbonyl (C=O) groups is 1. The molecule has 2 aromatic rings. The molecule has 1 N–H and O–H groups in total. The van der Waals surface area contributed by atoms with Gasteiger partial charge in [0.1, 0.15) is 9.88 Å². The molecule has 2 rings (SSSR count). The van der Waals surface area contributed by atoms with E-state index in [2.05, 4.69) is 4.98 Å². The molecule has 1 atom stereocenters. The molecule has 0 saturated carbocycles. The smallest absolute Gasteiger partial charge is 0.265 e. The standard InChI is InChI=1S/C13H16N2O2S2/c1-8(16)6-15(3)13(17)11-9(2)14-12(19-11)10-4-5-18-7-10/h4-5,7-8,16H,6H2,1-3H3. The topological polar surface area (TPSA) is 53.4 Å². The van der Waals surface area contributed by atoms with Crippen LogP contribution in [0.1, 0.15) is 22.3 Å². The van der Waals surface area contributed by atoms with E-state index in [4.69, 9.17) is 0 Å². The van der Waals surface area contributed by atoms with Crippen LogP contribution in [0.2, 0.25) is 0 Å². The molecule has 2 heterocycles. The highest BCUT2D eigenvalue weighted by Crippen LogP contribution is 2.29. The third kappa shape index (κ3) is 3.20. The van der Waals surface area contributed by atoms with E-state index < -0.39 is 6.10 Å². The molecule has 0 aromatic carbocycles. The van der Waals surface area contributed by atoms with E-state index in [-0.39, 0.29) is 5.91 Å². The van der Waals surface area contributed by atoms with Gasteiger partial charge in [0.25, 0.3) is 5.91 Å². The zero-order chi connectivity index (χ0) is 14.0. The summed E-state index contributed by atoms with van der Waals surface area (Å²) >= 11 is 3.01. The average molecular weight is 296 g/mol. The Morgan fingerprint density at radius 3 is 2.89 bits per heavy atom. The molecule has 4 nitrogen and oxygen atoms in total. The van der Waals surface area contributed by atoms with Crippen LogP contribution in [0.5, 0.6) is 0 Å². The summed E-state index contributed by atoms with van der Waals surface area (Å²) in [5.74, 6) is -0.0858. The van der Waals surface area contributed by atoms with Crippen LogP contribution in [0.3, 0.4) is 0 Å². The van der Waals surface area contributed by atoms with Crippen LogP contribution in [-0.4, -0.2) is 40.6 Å². The van der Waals surface area contributed by atoms with E-state index in [0.29, 0.717) is 11.4 Å². The van der Waals surface area contributed by atoms with Gasteiger partial charge in [-0.25, -0.2) is 4.98 Å². The lowest BCUT2D eigenvalue weighted by molar-refractivity contribution is 0.0707. The lowest BCUT2D eigenvalue weighted by Gasteiger charge is -2.17. The molecule has 0 saturated heterocycles. The first-order valence-corrected chi connectivity index (χ1v) is 7.68. The Morgan fingerprint density at radius 2 is 2.32 bits per heavy atom. The minimum Gasteiger partial charge on any atom is -0.392 e. The number of aryl methyl sites for hydroxylation is 1. The SMILES string of the molecule is Cc1nc(-c2ccsc2)sc1C(=O)N(C)CC(C)O. The number of hydrogen-bond donors (Lipinski definition) is 1. The fourth-order valence-corrected chi connectivity index (χ4v) is 3.53. The molecule has 102 valence electrons. The van der Waals surface area contributed by atoms with Gasteiger partial charge in [-0.3, -0.25) is 4.79 Å². The Labute approximate surface area is 120 Å². The first kappa shape index (κ1) is 14.2. The Hall–Kier alpha value is -1.24. The van der Waals surface area contributed by atoms with Crippen molar-refractivity contribution in [3.8, 4) is 10.6 Å². The quantitative estimate of drug-likeness (QED) is 0.943. The van der Waals surface area contributed by atoms with Crippen LogP contribution in [-0.2, 0) is 0 Å². The van der Waals surface area contributed by atoms with Gasteiger partial charge in [0.2, 0.25) is 0 Å². The molecule has 0 spiro atoms. The van der Waals surface area contributed by atoms with E-state index >= 15 is 0 Å². The van der Waals surface area contributed by atoms with Crippen molar-refractivity contribution in [3.63, 3.8) is 0 Å². The van der Waals surface area contributed by atoms with Crippen LogP contribution in [0, 0.1) is 6.92 Å². The van der Waals surface area contributed by atoms with Gasteiger partial charge in [0.05, 0.1) is 11.8 Å². The summed E-state index contributed by atoms with van der Waals surface area (Å²) in [5, 5.41) is 14.2. The average Bonchev–Trinajstić information content (AvgIpc) is 2.95. The summed E-state index contributed by atoms with van der Waals surface area (Å²) in [6, 6.07) is 2.00. The van der Waals surface area contributed by atoms with Crippen molar-refractivity contribution >= 4 is 28.6 Å². The number of aromatic nitrogens is 1.